The summed E-state index contributed by atoms with van der Waals surface area (Å²) < 4.78 is 0. The molecule has 0 radical (unpaired) electrons. The smallest absolute Gasteiger partial charge is 0.243 e. The second-order valence-corrected chi connectivity index (χ2v) is 5.07. The highest BCUT2D eigenvalue weighted by molar-refractivity contribution is 5.76. The third-order valence-corrected chi connectivity index (χ3v) is 3.21. The molecule has 0 atom stereocenters. The summed E-state index contributed by atoms with van der Waals surface area (Å²) in [4.78, 5) is 22.4. The SMILES string of the molecule is O=C(CCCCCCC(=O)NCC=Cc1ccccc1)NO. The van der Waals surface area contributed by atoms with Crippen LogP contribution in [0.15, 0.2) is 36.4 Å². The average molecular weight is 304 g/mol. The quantitative estimate of drug-likeness (QED) is 0.353. The Kier molecular flexibility index (Phi) is 9.37. The number of hydrogen-bond donors (Lipinski definition) is 3. The first-order valence-corrected chi connectivity index (χ1v) is 7.63. The van der Waals surface area contributed by atoms with Gasteiger partial charge in [-0.05, 0) is 18.4 Å². The Labute approximate surface area is 131 Å². The van der Waals surface area contributed by atoms with Gasteiger partial charge in [-0.25, -0.2) is 5.48 Å². The molecule has 0 aliphatic rings. The summed E-state index contributed by atoms with van der Waals surface area (Å²) in [5.74, 6) is -0.311. The van der Waals surface area contributed by atoms with E-state index in [9.17, 15) is 9.59 Å². The lowest BCUT2D eigenvalue weighted by Crippen LogP contribution is -2.22. The summed E-state index contributed by atoms with van der Waals surface area (Å²) in [6, 6.07) is 9.94. The molecule has 120 valence electrons. The van der Waals surface area contributed by atoms with Crippen LogP contribution < -0.4 is 10.8 Å². The Balaban J connectivity index is 2.00. The maximum atomic E-state index is 11.6. The van der Waals surface area contributed by atoms with Crippen molar-refractivity contribution in [3.63, 3.8) is 0 Å². The number of amides is 2. The first kappa shape index (κ1) is 17.9. The zero-order valence-corrected chi connectivity index (χ0v) is 12.8. The highest BCUT2D eigenvalue weighted by atomic mass is 16.5. The van der Waals surface area contributed by atoms with Gasteiger partial charge < -0.3 is 5.32 Å². The van der Waals surface area contributed by atoms with Crippen molar-refractivity contribution in [1.29, 1.82) is 0 Å². The second-order valence-electron chi connectivity index (χ2n) is 5.07. The predicted octanol–water partition coefficient (Wildman–Crippen LogP) is 2.66. The fourth-order valence-electron chi connectivity index (χ4n) is 2.00. The molecule has 0 fully saturated rings. The number of carbonyl (C=O) groups excluding carboxylic acids is 2. The molecule has 0 spiro atoms. The Morgan fingerprint density at radius 2 is 1.59 bits per heavy atom. The second kappa shape index (κ2) is 11.5. The van der Waals surface area contributed by atoms with Gasteiger partial charge in [-0.15, -0.1) is 0 Å². The van der Waals surface area contributed by atoms with Gasteiger partial charge >= 0.3 is 0 Å². The van der Waals surface area contributed by atoms with Gasteiger partial charge in [0.25, 0.3) is 0 Å². The molecule has 1 rings (SSSR count). The molecule has 5 nitrogen and oxygen atoms in total. The van der Waals surface area contributed by atoms with Crippen LogP contribution in [0.5, 0.6) is 0 Å². The summed E-state index contributed by atoms with van der Waals surface area (Å²) in [6.07, 6.45) is 8.08. The zero-order valence-electron chi connectivity index (χ0n) is 12.8. The molecular weight excluding hydrogens is 280 g/mol. The lowest BCUT2D eigenvalue weighted by molar-refractivity contribution is -0.129. The van der Waals surface area contributed by atoms with Crippen molar-refractivity contribution in [3.8, 4) is 0 Å². The first-order valence-electron chi connectivity index (χ1n) is 7.63. The van der Waals surface area contributed by atoms with Crippen molar-refractivity contribution in [3.05, 3.63) is 42.0 Å². The van der Waals surface area contributed by atoms with Gasteiger partial charge in [0.2, 0.25) is 11.8 Å². The number of hydroxylamine groups is 1. The monoisotopic (exact) mass is 304 g/mol. The van der Waals surface area contributed by atoms with Gasteiger partial charge in [0, 0.05) is 19.4 Å². The van der Waals surface area contributed by atoms with Crippen LogP contribution in [0.2, 0.25) is 0 Å². The molecule has 0 saturated heterocycles. The van der Waals surface area contributed by atoms with E-state index in [1.165, 1.54) is 0 Å². The number of carbonyl (C=O) groups is 2. The summed E-state index contributed by atoms with van der Waals surface area (Å²) in [5.41, 5.74) is 2.72. The maximum absolute atomic E-state index is 11.6. The van der Waals surface area contributed by atoms with Gasteiger partial charge in [0.1, 0.15) is 0 Å². The molecule has 0 aliphatic carbocycles. The van der Waals surface area contributed by atoms with Gasteiger partial charge in [0.05, 0.1) is 0 Å². The number of unbranched alkanes of at least 4 members (excludes halogenated alkanes) is 3. The van der Waals surface area contributed by atoms with E-state index >= 15 is 0 Å². The third kappa shape index (κ3) is 8.92. The molecule has 0 unspecified atom stereocenters. The Bertz CT molecular complexity index is 472. The van der Waals surface area contributed by atoms with E-state index in [1.807, 2.05) is 42.5 Å². The van der Waals surface area contributed by atoms with Crippen LogP contribution >= 0.6 is 0 Å². The largest absolute Gasteiger partial charge is 0.353 e. The topological polar surface area (TPSA) is 78.4 Å². The number of hydrogen-bond acceptors (Lipinski definition) is 3. The van der Waals surface area contributed by atoms with E-state index in [0.29, 0.717) is 19.4 Å². The van der Waals surface area contributed by atoms with E-state index in [4.69, 9.17) is 5.21 Å². The number of rotatable bonds is 10. The molecule has 0 heterocycles. The highest BCUT2D eigenvalue weighted by Crippen LogP contribution is 2.05. The van der Waals surface area contributed by atoms with Crippen molar-refractivity contribution >= 4 is 17.9 Å². The third-order valence-electron chi connectivity index (χ3n) is 3.21. The van der Waals surface area contributed by atoms with Crippen molar-refractivity contribution in [2.45, 2.75) is 38.5 Å². The minimum absolute atomic E-state index is 0.0470. The molecular formula is C17H24N2O3. The fraction of sp³-hybridized carbons (Fsp3) is 0.412. The van der Waals surface area contributed by atoms with Crippen molar-refractivity contribution in [1.82, 2.24) is 10.8 Å². The van der Waals surface area contributed by atoms with E-state index < -0.39 is 0 Å². The van der Waals surface area contributed by atoms with Gasteiger partial charge in [-0.2, -0.15) is 0 Å². The number of benzene rings is 1. The van der Waals surface area contributed by atoms with Crippen LogP contribution in [-0.2, 0) is 9.59 Å². The highest BCUT2D eigenvalue weighted by Gasteiger charge is 2.01. The zero-order chi connectivity index (χ0) is 16.0. The Morgan fingerprint density at radius 1 is 0.955 bits per heavy atom. The van der Waals surface area contributed by atoms with Crippen LogP contribution in [0.1, 0.15) is 44.1 Å². The van der Waals surface area contributed by atoms with E-state index in [1.54, 1.807) is 5.48 Å². The molecule has 1 aromatic carbocycles. The van der Waals surface area contributed by atoms with Crippen LogP contribution in [0.3, 0.4) is 0 Å². The molecule has 3 N–H and O–H groups in total. The molecule has 0 aromatic heterocycles. The van der Waals surface area contributed by atoms with Gasteiger partial charge in [-0.3, -0.25) is 14.8 Å². The van der Waals surface area contributed by atoms with Crippen molar-refractivity contribution < 1.29 is 14.8 Å². The number of nitrogens with one attached hydrogen (secondary N) is 2. The molecule has 2 amide bonds. The van der Waals surface area contributed by atoms with Gasteiger partial charge in [0.15, 0.2) is 0 Å². The minimum Gasteiger partial charge on any atom is -0.353 e. The first-order chi connectivity index (χ1) is 10.7. The van der Waals surface area contributed by atoms with Crippen LogP contribution in [0, 0.1) is 0 Å². The predicted molar refractivity (Wildman–Crippen MR) is 86.1 cm³/mol. The standard InChI is InChI=1S/C17H24N2O3/c20-16(12-6-1-2-7-13-17(21)19-22)18-14-8-11-15-9-4-3-5-10-15/h3-5,8-11,22H,1-2,6-7,12-14H2,(H,18,20)(H,19,21). The van der Waals surface area contributed by atoms with Gasteiger partial charge in [-0.1, -0.05) is 55.3 Å². The van der Waals surface area contributed by atoms with Crippen molar-refractivity contribution in [2.75, 3.05) is 6.54 Å². The fourth-order valence-corrected chi connectivity index (χ4v) is 2.00. The molecule has 5 heteroatoms. The molecule has 1 aromatic rings. The Hall–Kier alpha value is -2.14. The normalized spacial score (nSPS) is 10.6. The summed E-state index contributed by atoms with van der Waals surface area (Å²) in [6.45, 7) is 0.532. The van der Waals surface area contributed by atoms with E-state index in [2.05, 4.69) is 5.32 Å². The van der Waals surface area contributed by atoms with Crippen LogP contribution in [-0.4, -0.2) is 23.6 Å². The average Bonchev–Trinajstić information content (AvgIpc) is 2.55. The molecule has 0 aliphatic heterocycles. The summed E-state index contributed by atoms with van der Waals surface area (Å²) >= 11 is 0. The Morgan fingerprint density at radius 3 is 2.23 bits per heavy atom. The summed E-state index contributed by atoms with van der Waals surface area (Å²) in [5, 5.41) is 11.2. The van der Waals surface area contributed by atoms with E-state index in [0.717, 1.165) is 31.2 Å². The molecule has 22 heavy (non-hydrogen) atoms. The molecule has 0 bridgehead atoms. The van der Waals surface area contributed by atoms with E-state index in [-0.39, 0.29) is 11.8 Å². The molecule has 0 saturated carbocycles. The van der Waals surface area contributed by atoms with Crippen LogP contribution in [0.25, 0.3) is 6.08 Å². The summed E-state index contributed by atoms with van der Waals surface area (Å²) in [7, 11) is 0. The van der Waals surface area contributed by atoms with Crippen molar-refractivity contribution in [2.24, 2.45) is 0 Å². The van der Waals surface area contributed by atoms with Crippen LogP contribution in [0.4, 0.5) is 0 Å². The maximum Gasteiger partial charge on any atom is 0.243 e. The lowest BCUT2D eigenvalue weighted by Gasteiger charge is -2.03. The minimum atomic E-state index is -0.358. The lowest BCUT2D eigenvalue weighted by atomic mass is 10.1.